The molecule has 1 N–H and O–H groups in total. The molecule has 1 aliphatic rings. The highest BCUT2D eigenvalue weighted by Crippen LogP contribution is 2.21. The number of benzene rings is 2. The van der Waals surface area contributed by atoms with E-state index in [0.29, 0.717) is 12.1 Å². The molecule has 21 heavy (non-hydrogen) atoms. The summed E-state index contributed by atoms with van der Waals surface area (Å²) in [6.07, 6.45) is 0. The van der Waals surface area contributed by atoms with Crippen LogP contribution in [-0.4, -0.2) is 24.0 Å². The summed E-state index contributed by atoms with van der Waals surface area (Å²) < 4.78 is 0. The molecule has 1 heterocycles. The average Bonchev–Trinajstić information content (AvgIpc) is 2.50. The quantitative estimate of drug-likeness (QED) is 0.925. The number of nitrogens with one attached hydrogen (secondary N) is 1. The third kappa shape index (κ3) is 3.52. The third-order valence-corrected chi connectivity index (χ3v) is 4.37. The number of hydrogen-bond acceptors (Lipinski definition) is 2. The second-order valence-corrected chi connectivity index (χ2v) is 6.14. The molecular weight excluding hydrogens is 256 g/mol. The van der Waals surface area contributed by atoms with E-state index in [1.807, 2.05) is 0 Å². The zero-order chi connectivity index (χ0) is 14.7. The van der Waals surface area contributed by atoms with Crippen LogP contribution in [0.3, 0.4) is 0 Å². The van der Waals surface area contributed by atoms with E-state index in [-0.39, 0.29) is 0 Å². The Bertz CT molecular complexity index is 579. The zero-order valence-corrected chi connectivity index (χ0v) is 12.9. The predicted octanol–water partition coefficient (Wildman–Crippen LogP) is 3.53. The molecule has 0 radical (unpaired) electrons. The SMILES string of the molecule is Cc1cccc(CN2CC(c3ccccc3)NCC2C)c1. The van der Waals surface area contributed by atoms with E-state index in [1.54, 1.807) is 0 Å². The number of piperazine rings is 1. The second kappa shape index (κ2) is 6.42. The lowest BCUT2D eigenvalue weighted by atomic mass is 10.0. The molecular formula is C19H24N2. The molecule has 0 amide bonds. The summed E-state index contributed by atoms with van der Waals surface area (Å²) in [5, 5.41) is 3.67. The standard InChI is InChI=1S/C19H24N2/c1-15-7-6-8-17(11-15)13-21-14-19(20-12-16(21)2)18-9-4-3-5-10-18/h3-11,16,19-20H,12-14H2,1-2H3. The van der Waals surface area contributed by atoms with Gasteiger partial charge in [0.1, 0.15) is 0 Å². The Hall–Kier alpha value is -1.64. The molecule has 2 aromatic rings. The van der Waals surface area contributed by atoms with Gasteiger partial charge in [0.25, 0.3) is 0 Å². The Kier molecular flexibility index (Phi) is 4.37. The lowest BCUT2D eigenvalue weighted by Crippen LogP contribution is -2.50. The minimum atomic E-state index is 0.437. The van der Waals surface area contributed by atoms with E-state index >= 15 is 0 Å². The average molecular weight is 280 g/mol. The Morgan fingerprint density at radius 3 is 2.67 bits per heavy atom. The fourth-order valence-corrected chi connectivity index (χ4v) is 3.09. The van der Waals surface area contributed by atoms with Crippen molar-refractivity contribution in [3.05, 3.63) is 71.3 Å². The van der Waals surface area contributed by atoms with Gasteiger partial charge in [0.15, 0.2) is 0 Å². The van der Waals surface area contributed by atoms with Crippen LogP contribution in [0.15, 0.2) is 54.6 Å². The predicted molar refractivity (Wildman–Crippen MR) is 88.2 cm³/mol. The maximum absolute atomic E-state index is 3.67. The molecule has 3 rings (SSSR count). The van der Waals surface area contributed by atoms with Gasteiger partial charge in [-0.3, -0.25) is 4.90 Å². The van der Waals surface area contributed by atoms with E-state index in [0.717, 1.165) is 19.6 Å². The van der Waals surface area contributed by atoms with E-state index < -0.39 is 0 Å². The van der Waals surface area contributed by atoms with Crippen molar-refractivity contribution in [1.82, 2.24) is 10.2 Å². The Balaban J connectivity index is 1.72. The highest BCUT2D eigenvalue weighted by atomic mass is 15.2. The summed E-state index contributed by atoms with van der Waals surface area (Å²) in [6, 6.07) is 20.6. The van der Waals surface area contributed by atoms with Crippen LogP contribution in [0.5, 0.6) is 0 Å². The summed E-state index contributed by atoms with van der Waals surface area (Å²) in [4.78, 5) is 2.59. The molecule has 2 aromatic carbocycles. The molecule has 110 valence electrons. The van der Waals surface area contributed by atoms with Crippen LogP contribution in [-0.2, 0) is 6.54 Å². The van der Waals surface area contributed by atoms with Gasteiger partial charge in [0, 0.05) is 31.7 Å². The van der Waals surface area contributed by atoms with Crippen molar-refractivity contribution in [3.8, 4) is 0 Å². The number of aryl methyl sites for hydroxylation is 1. The van der Waals surface area contributed by atoms with Crippen molar-refractivity contribution in [2.75, 3.05) is 13.1 Å². The lowest BCUT2D eigenvalue weighted by molar-refractivity contribution is 0.133. The third-order valence-electron chi connectivity index (χ3n) is 4.37. The second-order valence-electron chi connectivity index (χ2n) is 6.14. The molecule has 0 saturated carbocycles. The van der Waals surface area contributed by atoms with Crippen molar-refractivity contribution in [1.29, 1.82) is 0 Å². The van der Waals surface area contributed by atoms with Crippen LogP contribution < -0.4 is 5.32 Å². The van der Waals surface area contributed by atoms with Crippen LogP contribution in [0.25, 0.3) is 0 Å². The molecule has 2 unspecified atom stereocenters. The van der Waals surface area contributed by atoms with Crippen LogP contribution in [0.2, 0.25) is 0 Å². The monoisotopic (exact) mass is 280 g/mol. The lowest BCUT2D eigenvalue weighted by Gasteiger charge is -2.39. The number of nitrogens with zero attached hydrogens (tertiary/aromatic N) is 1. The van der Waals surface area contributed by atoms with Crippen molar-refractivity contribution < 1.29 is 0 Å². The normalized spacial score (nSPS) is 23.1. The molecule has 0 spiro atoms. The highest BCUT2D eigenvalue weighted by Gasteiger charge is 2.25. The Morgan fingerprint density at radius 1 is 1.10 bits per heavy atom. The van der Waals surface area contributed by atoms with Gasteiger partial charge in [-0.15, -0.1) is 0 Å². The smallest absolute Gasteiger partial charge is 0.0450 e. The first-order valence-corrected chi connectivity index (χ1v) is 7.80. The van der Waals surface area contributed by atoms with E-state index in [9.17, 15) is 0 Å². The summed E-state index contributed by atoms with van der Waals surface area (Å²) in [5.74, 6) is 0. The summed E-state index contributed by atoms with van der Waals surface area (Å²) in [7, 11) is 0. The first kappa shape index (κ1) is 14.3. The van der Waals surface area contributed by atoms with Crippen LogP contribution in [0, 0.1) is 6.92 Å². The van der Waals surface area contributed by atoms with Crippen molar-refractivity contribution >= 4 is 0 Å². The maximum Gasteiger partial charge on any atom is 0.0450 e. The Labute approximate surface area is 127 Å². The summed E-state index contributed by atoms with van der Waals surface area (Å²) in [5.41, 5.74) is 4.14. The molecule has 2 nitrogen and oxygen atoms in total. The summed E-state index contributed by atoms with van der Waals surface area (Å²) in [6.45, 7) is 7.62. The fraction of sp³-hybridized carbons (Fsp3) is 0.368. The highest BCUT2D eigenvalue weighted by molar-refractivity contribution is 5.23. The van der Waals surface area contributed by atoms with Gasteiger partial charge >= 0.3 is 0 Å². The van der Waals surface area contributed by atoms with E-state index in [2.05, 4.69) is 78.7 Å². The van der Waals surface area contributed by atoms with Crippen LogP contribution in [0.1, 0.15) is 29.7 Å². The van der Waals surface area contributed by atoms with Gasteiger partial charge in [-0.05, 0) is 25.0 Å². The minimum absolute atomic E-state index is 0.437. The molecule has 0 aromatic heterocycles. The maximum atomic E-state index is 3.67. The van der Waals surface area contributed by atoms with Gasteiger partial charge in [-0.1, -0.05) is 60.2 Å². The van der Waals surface area contributed by atoms with Gasteiger partial charge in [0.2, 0.25) is 0 Å². The largest absolute Gasteiger partial charge is 0.307 e. The van der Waals surface area contributed by atoms with E-state index in [4.69, 9.17) is 0 Å². The molecule has 0 bridgehead atoms. The topological polar surface area (TPSA) is 15.3 Å². The van der Waals surface area contributed by atoms with Crippen molar-refractivity contribution in [2.24, 2.45) is 0 Å². The molecule has 2 atom stereocenters. The molecule has 2 heteroatoms. The minimum Gasteiger partial charge on any atom is -0.307 e. The van der Waals surface area contributed by atoms with Gasteiger partial charge in [-0.25, -0.2) is 0 Å². The van der Waals surface area contributed by atoms with Crippen molar-refractivity contribution in [3.63, 3.8) is 0 Å². The zero-order valence-electron chi connectivity index (χ0n) is 12.9. The number of hydrogen-bond donors (Lipinski definition) is 1. The first-order valence-electron chi connectivity index (χ1n) is 7.80. The van der Waals surface area contributed by atoms with Crippen LogP contribution in [0.4, 0.5) is 0 Å². The van der Waals surface area contributed by atoms with Gasteiger partial charge in [0.05, 0.1) is 0 Å². The van der Waals surface area contributed by atoms with Crippen LogP contribution >= 0.6 is 0 Å². The van der Waals surface area contributed by atoms with E-state index in [1.165, 1.54) is 16.7 Å². The summed E-state index contributed by atoms with van der Waals surface area (Å²) >= 11 is 0. The molecule has 0 aliphatic carbocycles. The van der Waals surface area contributed by atoms with Gasteiger partial charge < -0.3 is 5.32 Å². The molecule has 1 saturated heterocycles. The fourth-order valence-electron chi connectivity index (χ4n) is 3.09. The molecule has 1 fully saturated rings. The molecule has 1 aliphatic heterocycles. The number of rotatable bonds is 3. The Morgan fingerprint density at radius 2 is 1.90 bits per heavy atom. The van der Waals surface area contributed by atoms with Gasteiger partial charge in [-0.2, -0.15) is 0 Å². The van der Waals surface area contributed by atoms with Crippen molar-refractivity contribution in [2.45, 2.75) is 32.5 Å². The first-order chi connectivity index (χ1) is 10.2.